The average Bonchev–Trinajstić information content (AvgIpc) is 2.59. The first kappa shape index (κ1) is 20.5. The molecule has 0 heterocycles. The van der Waals surface area contributed by atoms with E-state index in [1.807, 2.05) is 6.07 Å². The van der Waals surface area contributed by atoms with Crippen molar-refractivity contribution in [3.8, 4) is 11.8 Å². The highest BCUT2D eigenvalue weighted by atomic mass is 16.5. The normalized spacial score (nSPS) is 11.6. The van der Waals surface area contributed by atoms with E-state index in [0.29, 0.717) is 11.3 Å². The first-order valence-corrected chi connectivity index (χ1v) is 9.08. The molecule has 0 saturated heterocycles. The monoisotopic (exact) mass is 364 g/mol. The summed E-state index contributed by atoms with van der Waals surface area (Å²) in [5.74, 6) is 0.491. The smallest absolute Gasteiger partial charge is 0.262 e. The van der Waals surface area contributed by atoms with Crippen LogP contribution >= 0.6 is 0 Å². The lowest BCUT2D eigenvalue weighted by molar-refractivity contribution is -0.118. The molecule has 2 aromatic carbocycles. The van der Waals surface area contributed by atoms with Gasteiger partial charge in [-0.3, -0.25) is 4.79 Å². The zero-order chi connectivity index (χ0) is 20.2. The fraction of sp³-hybridized carbons (Fsp3) is 0.391. The molecule has 0 radical (unpaired) electrons. The number of hydrogen-bond acceptors (Lipinski definition) is 3. The van der Waals surface area contributed by atoms with Gasteiger partial charge in [-0.15, -0.1) is 0 Å². The minimum Gasteiger partial charge on any atom is -0.483 e. The number of amides is 1. The molecule has 4 heteroatoms. The number of anilines is 1. The van der Waals surface area contributed by atoms with Crippen LogP contribution in [0.25, 0.3) is 0 Å². The summed E-state index contributed by atoms with van der Waals surface area (Å²) in [6, 6.07) is 15.0. The second kappa shape index (κ2) is 7.84. The maximum absolute atomic E-state index is 12.2. The standard InChI is InChI=1S/C23H28N2O2/c1-22(2,3)17-9-12-20(19(13-17)23(4,5)6)27-15-21(26)25-18-10-7-16(14-24)8-11-18/h7-13H,15H2,1-6H3,(H,25,26). The number of nitrogens with zero attached hydrogens (tertiary/aromatic N) is 1. The zero-order valence-corrected chi connectivity index (χ0v) is 17.0. The second-order valence-electron chi connectivity index (χ2n) is 8.74. The summed E-state index contributed by atoms with van der Waals surface area (Å²) in [5, 5.41) is 11.6. The van der Waals surface area contributed by atoms with Gasteiger partial charge in [0.1, 0.15) is 5.75 Å². The van der Waals surface area contributed by atoms with Crippen molar-refractivity contribution in [3.05, 3.63) is 59.2 Å². The SMILES string of the molecule is CC(C)(C)c1ccc(OCC(=O)Nc2ccc(C#N)cc2)c(C(C)(C)C)c1. The summed E-state index contributed by atoms with van der Waals surface area (Å²) in [7, 11) is 0. The van der Waals surface area contributed by atoms with E-state index in [4.69, 9.17) is 10.00 Å². The Kier molecular flexibility index (Phi) is 5.95. The number of hydrogen-bond donors (Lipinski definition) is 1. The van der Waals surface area contributed by atoms with Crippen LogP contribution in [0.1, 0.15) is 58.2 Å². The summed E-state index contributed by atoms with van der Waals surface area (Å²) in [4.78, 5) is 12.2. The van der Waals surface area contributed by atoms with E-state index < -0.39 is 0 Å². The number of nitriles is 1. The van der Waals surface area contributed by atoms with Gasteiger partial charge in [0.05, 0.1) is 11.6 Å². The Morgan fingerprint density at radius 3 is 2.15 bits per heavy atom. The molecule has 0 aliphatic rings. The van der Waals surface area contributed by atoms with Crippen LogP contribution in [0.15, 0.2) is 42.5 Å². The van der Waals surface area contributed by atoms with Crippen LogP contribution in [0.4, 0.5) is 5.69 Å². The van der Waals surface area contributed by atoms with Crippen LogP contribution in [-0.2, 0) is 15.6 Å². The predicted molar refractivity (Wildman–Crippen MR) is 109 cm³/mol. The lowest BCUT2D eigenvalue weighted by Crippen LogP contribution is -2.22. The van der Waals surface area contributed by atoms with Crippen molar-refractivity contribution in [2.45, 2.75) is 52.4 Å². The van der Waals surface area contributed by atoms with Crippen molar-refractivity contribution in [1.82, 2.24) is 0 Å². The number of carbonyl (C=O) groups is 1. The van der Waals surface area contributed by atoms with Gasteiger partial charge < -0.3 is 10.1 Å². The van der Waals surface area contributed by atoms with Gasteiger partial charge in [0.2, 0.25) is 0 Å². The van der Waals surface area contributed by atoms with Crippen molar-refractivity contribution in [1.29, 1.82) is 5.26 Å². The largest absolute Gasteiger partial charge is 0.483 e. The molecule has 0 aromatic heterocycles. The molecule has 1 N–H and O–H groups in total. The molecule has 4 nitrogen and oxygen atoms in total. The highest BCUT2D eigenvalue weighted by Gasteiger charge is 2.23. The van der Waals surface area contributed by atoms with E-state index >= 15 is 0 Å². The molecular weight excluding hydrogens is 336 g/mol. The van der Waals surface area contributed by atoms with E-state index in [1.54, 1.807) is 24.3 Å². The molecule has 0 spiro atoms. The third-order valence-corrected chi connectivity index (χ3v) is 4.31. The minimum atomic E-state index is -0.237. The maximum Gasteiger partial charge on any atom is 0.262 e. The predicted octanol–water partition coefficient (Wildman–Crippen LogP) is 5.17. The third-order valence-electron chi connectivity index (χ3n) is 4.31. The number of carbonyl (C=O) groups excluding carboxylic acids is 1. The maximum atomic E-state index is 12.2. The van der Waals surface area contributed by atoms with Crippen LogP contribution < -0.4 is 10.1 Å². The number of rotatable bonds is 4. The highest BCUT2D eigenvalue weighted by Crippen LogP contribution is 2.35. The molecule has 0 aliphatic heterocycles. The average molecular weight is 364 g/mol. The van der Waals surface area contributed by atoms with Gasteiger partial charge in [-0.2, -0.15) is 5.26 Å². The summed E-state index contributed by atoms with van der Waals surface area (Å²) >= 11 is 0. The first-order chi connectivity index (χ1) is 12.5. The van der Waals surface area contributed by atoms with E-state index in [2.05, 4.69) is 65.1 Å². The number of benzene rings is 2. The number of nitrogens with one attached hydrogen (secondary N) is 1. The molecule has 142 valence electrons. The van der Waals surface area contributed by atoms with Crippen molar-refractivity contribution in [3.63, 3.8) is 0 Å². The molecule has 2 rings (SSSR count). The summed E-state index contributed by atoms with van der Waals surface area (Å²) in [5.41, 5.74) is 3.47. The Balaban J connectivity index is 2.12. The van der Waals surface area contributed by atoms with E-state index in [0.717, 1.165) is 11.3 Å². The van der Waals surface area contributed by atoms with Crippen LogP contribution in [0.3, 0.4) is 0 Å². The Morgan fingerprint density at radius 1 is 1.00 bits per heavy atom. The molecule has 2 aromatic rings. The highest BCUT2D eigenvalue weighted by molar-refractivity contribution is 5.91. The van der Waals surface area contributed by atoms with Crippen LogP contribution in [0.2, 0.25) is 0 Å². The molecule has 0 unspecified atom stereocenters. The second-order valence-corrected chi connectivity index (χ2v) is 8.74. The van der Waals surface area contributed by atoms with E-state index in [9.17, 15) is 4.79 Å². The van der Waals surface area contributed by atoms with Gasteiger partial charge in [0.25, 0.3) is 5.91 Å². The van der Waals surface area contributed by atoms with E-state index in [-0.39, 0.29) is 23.3 Å². The van der Waals surface area contributed by atoms with Gasteiger partial charge in [0, 0.05) is 5.69 Å². The lowest BCUT2D eigenvalue weighted by atomic mass is 9.80. The molecule has 0 bridgehead atoms. The van der Waals surface area contributed by atoms with Gasteiger partial charge in [-0.1, -0.05) is 53.7 Å². The number of ether oxygens (including phenoxy) is 1. The molecule has 0 atom stereocenters. The van der Waals surface area contributed by atoms with Crippen LogP contribution in [0.5, 0.6) is 5.75 Å². The quantitative estimate of drug-likeness (QED) is 0.814. The Morgan fingerprint density at radius 2 is 1.63 bits per heavy atom. The molecule has 0 aliphatic carbocycles. The molecule has 1 amide bonds. The van der Waals surface area contributed by atoms with Gasteiger partial charge in [0.15, 0.2) is 6.61 Å². The molecule has 0 fully saturated rings. The third kappa shape index (κ3) is 5.59. The van der Waals surface area contributed by atoms with Crippen molar-refractivity contribution < 1.29 is 9.53 Å². The lowest BCUT2D eigenvalue weighted by Gasteiger charge is -2.27. The molecule has 0 saturated carbocycles. The Bertz CT molecular complexity index is 848. The summed E-state index contributed by atoms with van der Waals surface area (Å²) < 4.78 is 5.85. The van der Waals surface area contributed by atoms with Crippen molar-refractivity contribution in [2.24, 2.45) is 0 Å². The topological polar surface area (TPSA) is 62.1 Å². The van der Waals surface area contributed by atoms with Crippen molar-refractivity contribution >= 4 is 11.6 Å². The Hall–Kier alpha value is -2.80. The van der Waals surface area contributed by atoms with Gasteiger partial charge in [-0.05, 0) is 52.3 Å². The van der Waals surface area contributed by atoms with Crippen LogP contribution in [-0.4, -0.2) is 12.5 Å². The van der Waals surface area contributed by atoms with E-state index in [1.165, 1.54) is 5.56 Å². The first-order valence-electron chi connectivity index (χ1n) is 9.08. The van der Waals surface area contributed by atoms with Gasteiger partial charge in [-0.25, -0.2) is 0 Å². The summed E-state index contributed by atoms with van der Waals surface area (Å²) in [6.45, 7) is 12.9. The molecule has 27 heavy (non-hydrogen) atoms. The van der Waals surface area contributed by atoms with Crippen molar-refractivity contribution in [2.75, 3.05) is 11.9 Å². The fourth-order valence-corrected chi connectivity index (χ4v) is 2.68. The van der Waals surface area contributed by atoms with Crippen LogP contribution in [0, 0.1) is 11.3 Å². The van der Waals surface area contributed by atoms with Gasteiger partial charge >= 0.3 is 0 Å². The fourth-order valence-electron chi connectivity index (χ4n) is 2.68. The molecular formula is C23H28N2O2. The Labute approximate surface area is 162 Å². The minimum absolute atomic E-state index is 0.0471. The zero-order valence-electron chi connectivity index (χ0n) is 17.0. The summed E-state index contributed by atoms with van der Waals surface area (Å²) in [6.07, 6.45) is 0.